The minimum Gasteiger partial charge on any atom is -0.493 e. The van der Waals surface area contributed by atoms with Gasteiger partial charge in [-0.1, -0.05) is 12.1 Å². The topological polar surface area (TPSA) is 80.5 Å². The fraction of sp³-hybridized carbons (Fsp3) is 0.500. The maximum Gasteiger partial charge on any atom is 0.317 e. The summed E-state index contributed by atoms with van der Waals surface area (Å²) < 4.78 is 11.2. The SMILES string of the molecule is Cc1cccc(OCC2CCCN(C(=O)NCc3nnc(C)o3)C2)c1. The summed E-state index contributed by atoms with van der Waals surface area (Å²) in [5.41, 5.74) is 1.18. The van der Waals surface area contributed by atoms with E-state index in [1.54, 1.807) is 6.92 Å². The number of hydrogen-bond donors (Lipinski definition) is 1. The van der Waals surface area contributed by atoms with Crippen LogP contribution in [-0.2, 0) is 6.54 Å². The molecule has 2 amide bonds. The highest BCUT2D eigenvalue weighted by Crippen LogP contribution is 2.19. The predicted octanol–water partition coefficient (Wildman–Crippen LogP) is 2.69. The van der Waals surface area contributed by atoms with E-state index in [0.717, 1.165) is 25.1 Å². The molecule has 1 fully saturated rings. The number of likely N-dealkylation sites (tertiary alicyclic amines) is 1. The van der Waals surface area contributed by atoms with Gasteiger partial charge in [-0.15, -0.1) is 10.2 Å². The van der Waals surface area contributed by atoms with E-state index < -0.39 is 0 Å². The van der Waals surface area contributed by atoms with E-state index in [9.17, 15) is 4.79 Å². The van der Waals surface area contributed by atoms with Crippen molar-refractivity contribution in [3.63, 3.8) is 0 Å². The molecule has 134 valence electrons. The van der Waals surface area contributed by atoms with Crippen molar-refractivity contribution in [2.75, 3.05) is 19.7 Å². The Hall–Kier alpha value is -2.57. The van der Waals surface area contributed by atoms with E-state index in [4.69, 9.17) is 9.15 Å². The van der Waals surface area contributed by atoms with Gasteiger partial charge < -0.3 is 19.4 Å². The highest BCUT2D eigenvalue weighted by Gasteiger charge is 2.24. The number of benzene rings is 1. The van der Waals surface area contributed by atoms with E-state index >= 15 is 0 Å². The van der Waals surface area contributed by atoms with Crippen LogP contribution in [0.2, 0.25) is 0 Å². The summed E-state index contributed by atoms with van der Waals surface area (Å²) in [7, 11) is 0. The number of amides is 2. The summed E-state index contributed by atoms with van der Waals surface area (Å²) in [6.45, 7) is 6.10. The average Bonchev–Trinajstić information content (AvgIpc) is 3.03. The van der Waals surface area contributed by atoms with Crippen molar-refractivity contribution < 1.29 is 13.9 Å². The standard InChI is InChI=1S/C18H24N4O3/c1-13-5-3-7-16(9-13)24-12-15-6-4-8-22(11-15)18(23)19-10-17-21-20-14(2)25-17/h3,5,7,9,15H,4,6,8,10-12H2,1-2H3,(H,19,23). The summed E-state index contributed by atoms with van der Waals surface area (Å²) in [5.74, 6) is 2.14. The Balaban J connectivity index is 1.46. The zero-order valence-corrected chi connectivity index (χ0v) is 14.7. The Morgan fingerprint density at radius 2 is 2.28 bits per heavy atom. The molecule has 25 heavy (non-hydrogen) atoms. The molecule has 1 aliphatic heterocycles. The van der Waals surface area contributed by atoms with Crippen molar-refractivity contribution in [3.05, 3.63) is 41.6 Å². The number of nitrogens with one attached hydrogen (secondary N) is 1. The summed E-state index contributed by atoms with van der Waals surface area (Å²) >= 11 is 0. The fourth-order valence-corrected chi connectivity index (χ4v) is 2.98. The molecule has 7 nitrogen and oxygen atoms in total. The first-order valence-electron chi connectivity index (χ1n) is 8.61. The monoisotopic (exact) mass is 344 g/mol. The number of aromatic nitrogens is 2. The van der Waals surface area contributed by atoms with Crippen LogP contribution in [0.3, 0.4) is 0 Å². The van der Waals surface area contributed by atoms with Gasteiger partial charge in [-0.3, -0.25) is 0 Å². The van der Waals surface area contributed by atoms with Crippen LogP contribution in [0.1, 0.15) is 30.2 Å². The quantitative estimate of drug-likeness (QED) is 0.902. The maximum atomic E-state index is 12.3. The van der Waals surface area contributed by atoms with Crippen LogP contribution >= 0.6 is 0 Å². The molecule has 1 N–H and O–H groups in total. The van der Waals surface area contributed by atoms with Crippen LogP contribution in [0.15, 0.2) is 28.7 Å². The Kier molecular flexibility index (Phi) is 5.53. The van der Waals surface area contributed by atoms with Gasteiger partial charge in [0.05, 0.1) is 13.2 Å². The van der Waals surface area contributed by atoms with Crippen molar-refractivity contribution in [1.29, 1.82) is 0 Å². The molecule has 1 saturated heterocycles. The lowest BCUT2D eigenvalue weighted by molar-refractivity contribution is 0.136. The molecular weight excluding hydrogens is 320 g/mol. The Bertz CT molecular complexity index is 716. The van der Waals surface area contributed by atoms with Gasteiger partial charge in [0.2, 0.25) is 11.8 Å². The second-order valence-corrected chi connectivity index (χ2v) is 6.46. The lowest BCUT2D eigenvalue weighted by Crippen LogP contribution is -2.46. The number of carbonyl (C=O) groups is 1. The van der Waals surface area contributed by atoms with Crippen molar-refractivity contribution >= 4 is 6.03 Å². The van der Waals surface area contributed by atoms with E-state index in [0.29, 0.717) is 30.9 Å². The third-order valence-corrected chi connectivity index (χ3v) is 4.24. The second-order valence-electron chi connectivity index (χ2n) is 6.46. The zero-order chi connectivity index (χ0) is 17.6. The number of hydrogen-bond acceptors (Lipinski definition) is 5. The molecule has 7 heteroatoms. The summed E-state index contributed by atoms with van der Waals surface area (Å²) in [4.78, 5) is 14.2. The highest BCUT2D eigenvalue weighted by molar-refractivity contribution is 5.74. The van der Waals surface area contributed by atoms with E-state index in [1.807, 2.05) is 36.1 Å². The number of ether oxygens (including phenoxy) is 1. The number of nitrogens with zero attached hydrogens (tertiary/aromatic N) is 3. The minimum absolute atomic E-state index is 0.101. The maximum absolute atomic E-state index is 12.3. The van der Waals surface area contributed by atoms with Crippen LogP contribution in [0, 0.1) is 19.8 Å². The van der Waals surface area contributed by atoms with Crippen LogP contribution in [0.25, 0.3) is 0 Å². The van der Waals surface area contributed by atoms with Gasteiger partial charge in [0.25, 0.3) is 0 Å². The van der Waals surface area contributed by atoms with Crippen molar-refractivity contribution in [1.82, 2.24) is 20.4 Å². The van der Waals surface area contributed by atoms with E-state index in [-0.39, 0.29) is 12.6 Å². The molecular formula is C18H24N4O3. The molecule has 0 bridgehead atoms. The minimum atomic E-state index is -0.101. The van der Waals surface area contributed by atoms with Crippen molar-refractivity contribution in [3.8, 4) is 5.75 Å². The number of urea groups is 1. The number of carbonyl (C=O) groups excluding carboxylic acids is 1. The third kappa shape index (κ3) is 4.95. The predicted molar refractivity (Wildman–Crippen MR) is 92.2 cm³/mol. The summed E-state index contributed by atoms with van der Waals surface area (Å²) in [6, 6.07) is 7.93. The lowest BCUT2D eigenvalue weighted by Gasteiger charge is -2.32. The normalized spacial score (nSPS) is 17.4. The molecule has 2 heterocycles. The van der Waals surface area contributed by atoms with Gasteiger partial charge in [-0.2, -0.15) is 0 Å². The first kappa shape index (κ1) is 17.3. The molecule has 0 aliphatic carbocycles. The van der Waals surface area contributed by atoms with Gasteiger partial charge in [-0.05, 0) is 37.5 Å². The van der Waals surface area contributed by atoms with Gasteiger partial charge in [0.1, 0.15) is 5.75 Å². The molecule has 0 saturated carbocycles. The fourth-order valence-electron chi connectivity index (χ4n) is 2.98. The molecule has 0 spiro atoms. The molecule has 1 aromatic carbocycles. The molecule has 0 radical (unpaired) electrons. The van der Waals surface area contributed by atoms with Gasteiger partial charge >= 0.3 is 6.03 Å². The third-order valence-electron chi connectivity index (χ3n) is 4.24. The van der Waals surface area contributed by atoms with Crippen LogP contribution in [-0.4, -0.2) is 40.8 Å². The Labute approximate surface area is 147 Å². The first-order chi connectivity index (χ1) is 12.1. The Morgan fingerprint density at radius 1 is 1.40 bits per heavy atom. The van der Waals surface area contributed by atoms with Crippen molar-refractivity contribution in [2.24, 2.45) is 5.92 Å². The zero-order valence-electron chi connectivity index (χ0n) is 14.7. The van der Waals surface area contributed by atoms with E-state index in [1.165, 1.54) is 5.56 Å². The van der Waals surface area contributed by atoms with Gasteiger partial charge in [0.15, 0.2) is 0 Å². The summed E-state index contributed by atoms with van der Waals surface area (Å²) in [6.07, 6.45) is 2.05. The Morgan fingerprint density at radius 3 is 3.04 bits per heavy atom. The van der Waals surface area contributed by atoms with E-state index in [2.05, 4.69) is 15.5 Å². The highest BCUT2D eigenvalue weighted by atomic mass is 16.5. The lowest BCUT2D eigenvalue weighted by atomic mass is 9.99. The molecule has 1 aliphatic rings. The molecule has 1 atom stereocenters. The largest absolute Gasteiger partial charge is 0.493 e. The average molecular weight is 344 g/mol. The molecule has 2 aromatic rings. The number of rotatable bonds is 5. The summed E-state index contributed by atoms with van der Waals surface area (Å²) in [5, 5.41) is 10.5. The number of aryl methyl sites for hydroxylation is 2. The van der Waals surface area contributed by atoms with Crippen molar-refractivity contribution in [2.45, 2.75) is 33.2 Å². The smallest absolute Gasteiger partial charge is 0.317 e. The van der Waals surface area contributed by atoms with Crippen LogP contribution in [0.5, 0.6) is 5.75 Å². The second kappa shape index (κ2) is 8.00. The molecule has 3 rings (SSSR count). The molecule has 1 unspecified atom stereocenters. The van der Waals surface area contributed by atoms with Gasteiger partial charge in [0, 0.05) is 25.9 Å². The van der Waals surface area contributed by atoms with Gasteiger partial charge in [-0.25, -0.2) is 4.79 Å². The van der Waals surface area contributed by atoms with Crippen LogP contribution < -0.4 is 10.1 Å². The number of piperidine rings is 1. The first-order valence-corrected chi connectivity index (χ1v) is 8.61. The van der Waals surface area contributed by atoms with Crippen LogP contribution in [0.4, 0.5) is 4.79 Å². The molecule has 1 aromatic heterocycles.